The molecule has 0 saturated carbocycles. The monoisotopic (exact) mass is 390 g/mol. The maximum absolute atomic E-state index is 13.2. The Morgan fingerprint density at radius 3 is 2.48 bits per heavy atom. The van der Waals surface area contributed by atoms with Crippen molar-refractivity contribution in [1.29, 1.82) is 0 Å². The largest absolute Gasteiger partial charge is 0.319 e. The van der Waals surface area contributed by atoms with Gasteiger partial charge in [-0.1, -0.05) is 12.1 Å². The summed E-state index contributed by atoms with van der Waals surface area (Å²) in [4.78, 5) is 17.6. The van der Waals surface area contributed by atoms with Crippen molar-refractivity contribution in [3.05, 3.63) is 59.9 Å². The zero-order chi connectivity index (χ0) is 17.6. The molecule has 0 N–H and O–H groups in total. The van der Waals surface area contributed by atoms with Crippen molar-refractivity contribution in [1.82, 2.24) is 4.90 Å². The number of carbonyl (C=O) groups is 1. The van der Waals surface area contributed by atoms with Crippen LogP contribution in [0.2, 0.25) is 0 Å². The highest BCUT2D eigenvalue weighted by Gasteiger charge is 2.50. The van der Waals surface area contributed by atoms with Crippen LogP contribution in [0.25, 0.3) is 0 Å². The Bertz CT molecular complexity index is 825. The van der Waals surface area contributed by atoms with Gasteiger partial charge in [-0.25, -0.2) is 4.39 Å². The van der Waals surface area contributed by atoms with Gasteiger partial charge >= 0.3 is 0 Å². The highest BCUT2D eigenvalue weighted by molar-refractivity contribution is 8.00. The minimum atomic E-state index is -0.330. The Hall–Kier alpha value is -1.57. The quantitative estimate of drug-likeness (QED) is 0.575. The maximum atomic E-state index is 13.2. The fourth-order valence-corrected chi connectivity index (χ4v) is 5.47. The molecule has 0 spiro atoms. The molecular weight excluding hydrogens is 375 g/mol. The number of carbonyl (C=O) groups excluding carboxylic acids is 1. The molecule has 2 unspecified atom stereocenters. The van der Waals surface area contributed by atoms with Crippen LogP contribution in [-0.2, 0) is 4.79 Å². The van der Waals surface area contributed by atoms with Gasteiger partial charge in [0.05, 0.1) is 5.69 Å². The molecule has 2 aromatic rings. The van der Waals surface area contributed by atoms with Crippen LogP contribution in [0.15, 0.2) is 53.4 Å². The molecule has 3 nitrogen and oxygen atoms in total. The molecule has 2 saturated heterocycles. The minimum absolute atomic E-state index is 0.0304. The third-order valence-electron chi connectivity index (χ3n) is 4.40. The van der Waals surface area contributed by atoms with Crippen molar-refractivity contribution in [3.63, 3.8) is 0 Å². The van der Waals surface area contributed by atoms with Crippen LogP contribution in [0.3, 0.4) is 0 Å². The number of thioether (sulfide) groups is 2. The number of benzene rings is 2. The van der Waals surface area contributed by atoms with E-state index in [-0.39, 0.29) is 23.1 Å². The number of halogens is 1. The van der Waals surface area contributed by atoms with E-state index < -0.39 is 0 Å². The molecule has 2 heterocycles. The van der Waals surface area contributed by atoms with Gasteiger partial charge in [0, 0.05) is 10.6 Å². The molecule has 128 valence electrons. The van der Waals surface area contributed by atoms with Crippen LogP contribution in [0.4, 0.5) is 10.1 Å². The van der Waals surface area contributed by atoms with Crippen molar-refractivity contribution >= 4 is 52.4 Å². The van der Waals surface area contributed by atoms with Crippen molar-refractivity contribution < 1.29 is 9.18 Å². The summed E-state index contributed by atoms with van der Waals surface area (Å²) in [6, 6.07) is 14.0. The summed E-state index contributed by atoms with van der Waals surface area (Å²) in [5, 5.41) is 0.522. The normalized spacial score (nSPS) is 22.6. The number of hydrogen-bond acceptors (Lipinski definition) is 4. The van der Waals surface area contributed by atoms with Gasteiger partial charge in [0.25, 0.3) is 5.91 Å². The number of nitrogens with zero attached hydrogens (tertiary/aromatic N) is 2. The fraction of sp³-hybridized carbons (Fsp3) is 0.222. The second-order valence-corrected chi connectivity index (χ2v) is 8.17. The number of rotatable bonds is 3. The van der Waals surface area contributed by atoms with Gasteiger partial charge in [-0.3, -0.25) is 9.69 Å². The second kappa shape index (κ2) is 6.63. The molecule has 7 heteroatoms. The van der Waals surface area contributed by atoms with Crippen LogP contribution in [-0.4, -0.2) is 34.0 Å². The van der Waals surface area contributed by atoms with Gasteiger partial charge in [-0.2, -0.15) is 0 Å². The zero-order valence-electron chi connectivity index (χ0n) is 13.4. The summed E-state index contributed by atoms with van der Waals surface area (Å²) in [5.74, 6) is 0.336. The SMILES string of the molecule is CSc1ccc(C2SCC3C(=O)N(c4ccc(F)cc4)C(=S)N32)cc1. The summed E-state index contributed by atoms with van der Waals surface area (Å²) in [5.41, 5.74) is 1.76. The predicted molar refractivity (Wildman–Crippen MR) is 106 cm³/mol. The van der Waals surface area contributed by atoms with Crippen LogP contribution in [0, 0.1) is 5.82 Å². The molecule has 0 bridgehead atoms. The lowest BCUT2D eigenvalue weighted by Crippen LogP contribution is -2.33. The smallest absolute Gasteiger partial charge is 0.257 e. The van der Waals surface area contributed by atoms with Crippen molar-refractivity contribution in [3.8, 4) is 0 Å². The van der Waals surface area contributed by atoms with E-state index in [9.17, 15) is 9.18 Å². The highest BCUT2D eigenvalue weighted by Crippen LogP contribution is 2.46. The molecule has 1 amide bonds. The van der Waals surface area contributed by atoms with Gasteiger partial charge in [0.15, 0.2) is 5.11 Å². The molecular formula is C18H15FN2OS3. The molecule has 2 aliphatic rings. The molecule has 0 aliphatic carbocycles. The number of amides is 1. The molecule has 4 rings (SSSR count). The Morgan fingerprint density at radius 2 is 1.84 bits per heavy atom. The van der Waals surface area contributed by atoms with Gasteiger partial charge < -0.3 is 4.90 Å². The van der Waals surface area contributed by atoms with Crippen molar-refractivity contribution in [2.45, 2.75) is 16.3 Å². The number of anilines is 1. The van der Waals surface area contributed by atoms with E-state index in [1.807, 2.05) is 11.2 Å². The average molecular weight is 391 g/mol. The molecule has 2 aromatic carbocycles. The standard InChI is InChI=1S/C18H15FN2OS3/c1-24-14-8-2-11(3-9-14)17-21-15(10-25-17)16(22)20(18(21)23)13-6-4-12(19)5-7-13/h2-9,15,17H,10H2,1H3. The first-order valence-corrected chi connectivity index (χ1v) is 10.5. The predicted octanol–water partition coefficient (Wildman–Crippen LogP) is 4.30. The van der Waals surface area contributed by atoms with Gasteiger partial charge in [0.2, 0.25) is 0 Å². The van der Waals surface area contributed by atoms with Crippen LogP contribution in [0.1, 0.15) is 10.9 Å². The van der Waals surface area contributed by atoms with E-state index in [4.69, 9.17) is 12.2 Å². The lowest BCUT2D eigenvalue weighted by atomic mass is 10.2. The van der Waals surface area contributed by atoms with Gasteiger partial charge in [0.1, 0.15) is 17.2 Å². The highest BCUT2D eigenvalue weighted by atomic mass is 32.2. The Balaban J connectivity index is 1.65. The summed E-state index contributed by atoms with van der Waals surface area (Å²) >= 11 is 9.05. The van der Waals surface area contributed by atoms with E-state index in [1.165, 1.54) is 21.9 Å². The second-order valence-electron chi connectivity index (χ2n) is 5.81. The first-order chi connectivity index (χ1) is 12.1. The molecule has 0 radical (unpaired) electrons. The summed E-state index contributed by atoms with van der Waals surface area (Å²) < 4.78 is 13.2. The van der Waals surface area contributed by atoms with E-state index in [0.29, 0.717) is 16.6 Å². The third kappa shape index (κ3) is 2.84. The van der Waals surface area contributed by atoms with Crippen LogP contribution < -0.4 is 4.90 Å². The van der Waals surface area contributed by atoms with Crippen LogP contribution >= 0.6 is 35.7 Å². The zero-order valence-corrected chi connectivity index (χ0v) is 15.8. The van der Waals surface area contributed by atoms with Crippen molar-refractivity contribution in [2.24, 2.45) is 0 Å². The van der Waals surface area contributed by atoms with Gasteiger partial charge in [-0.05, 0) is 60.4 Å². The number of fused-ring (bicyclic) bond motifs is 1. The van der Waals surface area contributed by atoms with Gasteiger partial charge in [-0.15, -0.1) is 23.5 Å². The number of hydrogen-bond donors (Lipinski definition) is 0. The first-order valence-electron chi connectivity index (χ1n) is 7.77. The molecule has 2 fully saturated rings. The topological polar surface area (TPSA) is 23.6 Å². The maximum Gasteiger partial charge on any atom is 0.257 e. The molecule has 25 heavy (non-hydrogen) atoms. The van der Waals surface area contributed by atoms with Crippen LogP contribution in [0.5, 0.6) is 0 Å². The van der Waals surface area contributed by atoms with E-state index in [0.717, 1.165) is 5.56 Å². The summed E-state index contributed by atoms with van der Waals surface area (Å²) in [7, 11) is 0. The fourth-order valence-electron chi connectivity index (χ4n) is 3.14. The molecule has 2 atom stereocenters. The first kappa shape index (κ1) is 16.9. The van der Waals surface area contributed by atoms with E-state index >= 15 is 0 Å². The Morgan fingerprint density at radius 1 is 1.16 bits per heavy atom. The Kier molecular flexibility index (Phi) is 4.47. The number of thiocarbonyl (C=S) groups is 1. The minimum Gasteiger partial charge on any atom is -0.319 e. The molecule has 0 aromatic heterocycles. The summed E-state index contributed by atoms with van der Waals surface area (Å²) in [6.07, 6.45) is 2.05. The lowest BCUT2D eigenvalue weighted by molar-refractivity contribution is -0.119. The van der Waals surface area contributed by atoms with E-state index in [1.54, 1.807) is 35.7 Å². The Labute approximate surface area is 159 Å². The lowest BCUT2D eigenvalue weighted by Gasteiger charge is -2.25. The van der Waals surface area contributed by atoms with E-state index in [2.05, 4.69) is 24.3 Å². The summed E-state index contributed by atoms with van der Waals surface area (Å²) in [6.45, 7) is 0. The van der Waals surface area contributed by atoms with Crippen molar-refractivity contribution in [2.75, 3.05) is 16.9 Å². The average Bonchev–Trinajstić information content (AvgIpc) is 3.17. The third-order valence-corrected chi connectivity index (χ3v) is 6.86. The molecule has 2 aliphatic heterocycles.